The lowest BCUT2D eigenvalue weighted by molar-refractivity contribution is -0.121. The molecule has 1 N–H and O–H groups in total. The molecule has 2 atom stereocenters. The smallest absolute Gasteiger partial charge is 0.238 e. The van der Waals surface area contributed by atoms with Gasteiger partial charge in [0.1, 0.15) is 0 Å². The quantitative estimate of drug-likeness (QED) is 0.758. The second kappa shape index (κ2) is 7.30. The van der Waals surface area contributed by atoms with Crippen LogP contribution in [0.25, 0.3) is 0 Å². The van der Waals surface area contributed by atoms with Gasteiger partial charge < -0.3 is 10.1 Å². The van der Waals surface area contributed by atoms with Gasteiger partial charge in [-0.3, -0.25) is 19.3 Å². The minimum atomic E-state index is -0.241. The summed E-state index contributed by atoms with van der Waals surface area (Å²) >= 11 is 0. The van der Waals surface area contributed by atoms with Crippen molar-refractivity contribution in [2.24, 2.45) is 0 Å². The number of rotatable bonds is 3. The molecule has 1 fully saturated rings. The first-order valence-corrected chi connectivity index (χ1v) is 9.43. The summed E-state index contributed by atoms with van der Waals surface area (Å²) in [6.07, 6.45) is 0.133. The van der Waals surface area contributed by atoms with Crippen LogP contribution in [0, 0.1) is 0 Å². The van der Waals surface area contributed by atoms with E-state index in [-0.39, 0.29) is 41.8 Å². The van der Waals surface area contributed by atoms with Gasteiger partial charge in [0.15, 0.2) is 11.6 Å². The van der Waals surface area contributed by atoms with Gasteiger partial charge in [0.25, 0.3) is 0 Å². The molecule has 1 aliphatic carbocycles. The summed E-state index contributed by atoms with van der Waals surface area (Å²) in [6.45, 7) is 5.52. The number of nitrogens with zero attached hydrogens (tertiary/aromatic N) is 1. The first-order valence-electron chi connectivity index (χ1n) is 9.43. The highest BCUT2D eigenvalue weighted by atomic mass is 16.5. The van der Waals surface area contributed by atoms with Gasteiger partial charge >= 0.3 is 0 Å². The molecule has 0 unspecified atom stereocenters. The average molecular weight is 378 g/mol. The zero-order valence-electron chi connectivity index (χ0n) is 15.9. The zero-order chi connectivity index (χ0) is 19.8. The van der Waals surface area contributed by atoms with Gasteiger partial charge in [-0.15, -0.1) is 0 Å². The lowest BCUT2D eigenvalue weighted by Crippen LogP contribution is -2.48. The number of amides is 1. The van der Waals surface area contributed by atoms with Crippen LogP contribution in [0.2, 0.25) is 0 Å². The van der Waals surface area contributed by atoms with Crippen LogP contribution in [-0.4, -0.2) is 54.2 Å². The van der Waals surface area contributed by atoms with Gasteiger partial charge in [-0.2, -0.15) is 0 Å². The van der Waals surface area contributed by atoms with Crippen LogP contribution in [0.5, 0.6) is 0 Å². The van der Waals surface area contributed by atoms with Crippen molar-refractivity contribution in [3.8, 4) is 0 Å². The Morgan fingerprint density at radius 2 is 1.57 bits per heavy atom. The molecule has 6 heteroatoms. The molecule has 2 aliphatic rings. The SMILES string of the molecule is C[C@@H]1CN(CC(=O)Nc2cccc3c2C(=O)c2ccccc2C3=O)C[C@@H](C)O1. The first kappa shape index (κ1) is 18.5. The van der Waals surface area contributed by atoms with E-state index in [1.54, 1.807) is 42.5 Å². The fourth-order valence-corrected chi connectivity index (χ4v) is 4.06. The lowest BCUT2D eigenvalue weighted by atomic mass is 9.83. The highest BCUT2D eigenvalue weighted by Gasteiger charge is 2.32. The maximum atomic E-state index is 13.0. The first-order chi connectivity index (χ1) is 13.4. The Morgan fingerprint density at radius 3 is 2.25 bits per heavy atom. The summed E-state index contributed by atoms with van der Waals surface area (Å²) in [5.74, 6) is -0.652. The maximum absolute atomic E-state index is 13.0. The molecule has 4 rings (SSSR count). The van der Waals surface area contributed by atoms with Crippen LogP contribution in [-0.2, 0) is 9.53 Å². The van der Waals surface area contributed by atoms with E-state index in [9.17, 15) is 14.4 Å². The van der Waals surface area contributed by atoms with Crippen molar-refractivity contribution in [1.82, 2.24) is 4.90 Å². The Balaban J connectivity index is 1.58. The molecule has 2 aromatic rings. The van der Waals surface area contributed by atoms with E-state index in [1.165, 1.54) is 0 Å². The molecule has 2 aromatic carbocycles. The molecule has 1 saturated heterocycles. The number of benzene rings is 2. The molecule has 1 heterocycles. The zero-order valence-corrected chi connectivity index (χ0v) is 15.9. The van der Waals surface area contributed by atoms with Crippen molar-refractivity contribution in [2.45, 2.75) is 26.1 Å². The molecule has 0 bridgehead atoms. The number of nitrogens with one attached hydrogen (secondary N) is 1. The molecule has 144 valence electrons. The van der Waals surface area contributed by atoms with E-state index in [0.29, 0.717) is 35.5 Å². The summed E-state index contributed by atoms with van der Waals surface area (Å²) < 4.78 is 5.69. The Bertz CT molecular complexity index is 959. The molecule has 0 aromatic heterocycles. The normalized spacial score (nSPS) is 21.8. The van der Waals surface area contributed by atoms with Gasteiger partial charge in [0.2, 0.25) is 5.91 Å². The van der Waals surface area contributed by atoms with Crippen LogP contribution < -0.4 is 5.32 Å². The van der Waals surface area contributed by atoms with Crippen LogP contribution in [0.4, 0.5) is 5.69 Å². The number of morpholine rings is 1. The monoisotopic (exact) mass is 378 g/mol. The van der Waals surface area contributed by atoms with Crippen LogP contribution in [0.15, 0.2) is 42.5 Å². The van der Waals surface area contributed by atoms with Gasteiger partial charge in [0, 0.05) is 29.8 Å². The number of carbonyl (C=O) groups excluding carboxylic acids is 3. The summed E-state index contributed by atoms with van der Waals surface area (Å²) in [6, 6.07) is 11.8. The van der Waals surface area contributed by atoms with Crippen LogP contribution in [0.3, 0.4) is 0 Å². The highest BCUT2D eigenvalue weighted by molar-refractivity contribution is 6.30. The van der Waals surface area contributed by atoms with Crippen molar-refractivity contribution < 1.29 is 19.1 Å². The number of hydrogen-bond donors (Lipinski definition) is 1. The predicted molar refractivity (Wildman–Crippen MR) is 105 cm³/mol. The molecule has 0 radical (unpaired) electrons. The second-order valence-corrected chi connectivity index (χ2v) is 7.43. The Morgan fingerprint density at radius 1 is 0.964 bits per heavy atom. The fourth-order valence-electron chi connectivity index (χ4n) is 4.06. The largest absolute Gasteiger partial charge is 0.373 e. The molecule has 0 saturated carbocycles. The van der Waals surface area contributed by atoms with Crippen molar-refractivity contribution in [1.29, 1.82) is 0 Å². The number of fused-ring (bicyclic) bond motifs is 2. The minimum Gasteiger partial charge on any atom is -0.373 e. The molecule has 1 amide bonds. The summed E-state index contributed by atoms with van der Waals surface area (Å²) in [5.41, 5.74) is 1.75. The number of hydrogen-bond acceptors (Lipinski definition) is 5. The van der Waals surface area contributed by atoms with E-state index in [1.807, 2.05) is 18.7 Å². The second-order valence-electron chi connectivity index (χ2n) is 7.43. The minimum absolute atomic E-state index is 0.0664. The van der Waals surface area contributed by atoms with Gasteiger partial charge in [-0.1, -0.05) is 36.4 Å². The third kappa shape index (κ3) is 3.37. The predicted octanol–water partition coefficient (Wildman–Crippen LogP) is 2.51. The molecule has 6 nitrogen and oxygen atoms in total. The van der Waals surface area contributed by atoms with E-state index < -0.39 is 0 Å². The third-order valence-corrected chi connectivity index (χ3v) is 5.09. The fraction of sp³-hybridized carbons (Fsp3) is 0.318. The maximum Gasteiger partial charge on any atom is 0.238 e. The lowest BCUT2D eigenvalue weighted by Gasteiger charge is -2.34. The Hall–Kier alpha value is -2.83. The summed E-state index contributed by atoms with van der Waals surface area (Å²) in [7, 11) is 0. The van der Waals surface area contributed by atoms with Crippen molar-refractivity contribution in [2.75, 3.05) is 25.0 Å². The van der Waals surface area contributed by atoms with E-state index in [0.717, 1.165) is 0 Å². The van der Waals surface area contributed by atoms with Gasteiger partial charge in [-0.05, 0) is 19.9 Å². The topological polar surface area (TPSA) is 75.7 Å². The Labute approximate surface area is 163 Å². The highest BCUT2D eigenvalue weighted by Crippen LogP contribution is 2.31. The van der Waals surface area contributed by atoms with Gasteiger partial charge in [0.05, 0.1) is 30.0 Å². The molecular weight excluding hydrogens is 356 g/mol. The average Bonchev–Trinajstić information content (AvgIpc) is 2.65. The number of ketones is 2. The third-order valence-electron chi connectivity index (χ3n) is 5.09. The molecule has 1 aliphatic heterocycles. The number of anilines is 1. The van der Waals surface area contributed by atoms with Crippen molar-refractivity contribution in [3.63, 3.8) is 0 Å². The molecule has 0 spiro atoms. The molecular formula is C22H22N2O4. The number of ether oxygens (including phenoxy) is 1. The van der Waals surface area contributed by atoms with Crippen LogP contribution >= 0.6 is 0 Å². The van der Waals surface area contributed by atoms with E-state index >= 15 is 0 Å². The van der Waals surface area contributed by atoms with Crippen molar-refractivity contribution >= 4 is 23.2 Å². The summed E-state index contributed by atoms with van der Waals surface area (Å²) in [5, 5.41) is 2.83. The van der Waals surface area contributed by atoms with Gasteiger partial charge in [-0.25, -0.2) is 0 Å². The Kier molecular flexibility index (Phi) is 4.83. The van der Waals surface area contributed by atoms with Crippen LogP contribution in [0.1, 0.15) is 45.7 Å². The van der Waals surface area contributed by atoms with Crippen molar-refractivity contribution in [3.05, 3.63) is 64.7 Å². The van der Waals surface area contributed by atoms with E-state index in [4.69, 9.17) is 4.74 Å². The number of carbonyl (C=O) groups is 3. The molecule has 28 heavy (non-hydrogen) atoms. The summed E-state index contributed by atoms with van der Waals surface area (Å²) in [4.78, 5) is 40.5. The van der Waals surface area contributed by atoms with E-state index in [2.05, 4.69) is 5.32 Å². The standard InChI is InChI=1S/C22H22N2O4/c1-13-10-24(11-14(2)28-13)12-19(25)23-18-9-5-8-17-20(18)22(27)16-7-4-3-6-15(16)21(17)26/h3-9,13-14H,10-12H2,1-2H3,(H,23,25)/t13-,14-/m1/s1.